The zero-order valence-corrected chi connectivity index (χ0v) is 7.23. The fraction of sp³-hybridized carbons (Fsp3) is 0.100. The van der Waals surface area contributed by atoms with Crippen LogP contribution in [0.1, 0.15) is 12.0 Å². The molecule has 0 saturated carbocycles. The smallest absolute Gasteiger partial charge is 0.123 e. The minimum absolute atomic E-state index is 0.421. The molecule has 13 heavy (non-hydrogen) atoms. The molecule has 0 aliphatic carbocycles. The topological polar surface area (TPSA) is 69.1 Å². The molecule has 0 amide bonds. The van der Waals surface area contributed by atoms with Gasteiger partial charge in [-0.3, -0.25) is 0 Å². The van der Waals surface area contributed by atoms with Gasteiger partial charge >= 0.3 is 0 Å². The van der Waals surface area contributed by atoms with Crippen LogP contribution in [-0.2, 0) is 4.79 Å². The van der Waals surface area contributed by atoms with Crippen molar-refractivity contribution in [1.82, 2.24) is 0 Å². The second-order valence-corrected chi connectivity index (χ2v) is 2.69. The van der Waals surface area contributed by atoms with E-state index in [1.54, 1.807) is 18.2 Å². The molecule has 0 aliphatic heterocycles. The number of hydrogen-bond donors (Lipinski definition) is 2. The number of nitrogens with two attached hydrogens (primary N) is 2. The summed E-state index contributed by atoms with van der Waals surface area (Å²) in [6.45, 7) is 0. The summed E-state index contributed by atoms with van der Waals surface area (Å²) in [5.41, 5.74) is 13.2. The number of hydrogen-bond acceptors (Lipinski definition) is 3. The van der Waals surface area contributed by atoms with Gasteiger partial charge in [0.15, 0.2) is 0 Å². The van der Waals surface area contributed by atoms with Gasteiger partial charge in [-0.25, -0.2) is 0 Å². The average Bonchev–Trinajstić information content (AvgIpc) is 2.12. The van der Waals surface area contributed by atoms with Gasteiger partial charge in [0, 0.05) is 6.42 Å². The van der Waals surface area contributed by atoms with Crippen LogP contribution in [0.4, 0.5) is 11.4 Å². The lowest BCUT2D eigenvalue weighted by molar-refractivity contribution is -0.107. The molecule has 0 aliphatic rings. The number of allylic oxidation sites excluding steroid dienone is 1. The molecule has 1 aromatic carbocycles. The van der Waals surface area contributed by atoms with Crippen molar-refractivity contribution < 1.29 is 4.79 Å². The van der Waals surface area contributed by atoms with Crippen molar-refractivity contribution in [2.75, 3.05) is 11.5 Å². The van der Waals surface area contributed by atoms with Gasteiger partial charge in [0.1, 0.15) is 6.29 Å². The predicted molar refractivity (Wildman–Crippen MR) is 55.0 cm³/mol. The summed E-state index contributed by atoms with van der Waals surface area (Å²) in [5.74, 6) is 0. The van der Waals surface area contributed by atoms with Crippen molar-refractivity contribution in [3.05, 3.63) is 29.8 Å². The molecule has 1 rings (SSSR count). The zero-order chi connectivity index (χ0) is 9.68. The molecule has 0 radical (unpaired) electrons. The molecule has 3 nitrogen and oxygen atoms in total. The quantitative estimate of drug-likeness (QED) is 0.541. The van der Waals surface area contributed by atoms with Gasteiger partial charge in [0.2, 0.25) is 0 Å². The molecule has 0 atom stereocenters. The van der Waals surface area contributed by atoms with E-state index in [9.17, 15) is 4.79 Å². The Morgan fingerprint density at radius 2 is 2.00 bits per heavy atom. The van der Waals surface area contributed by atoms with E-state index in [0.29, 0.717) is 17.8 Å². The summed E-state index contributed by atoms with van der Waals surface area (Å²) in [6, 6.07) is 5.37. The number of aldehydes is 1. The summed E-state index contributed by atoms with van der Waals surface area (Å²) in [5, 5.41) is 0. The third kappa shape index (κ3) is 2.63. The van der Waals surface area contributed by atoms with Gasteiger partial charge in [-0.1, -0.05) is 18.2 Å². The Bertz CT molecular complexity index is 332. The highest BCUT2D eigenvalue weighted by Crippen LogP contribution is 2.16. The lowest BCUT2D eigenvalue weighted by Gasteiger charge is -1.99. The van der Waals surface area contributed by atoms with E-state index in [0.717, 1.165) is 11.8 Å². The van der Waals surface area contributed by atoms with Gasteiger partial charge in [-0.05, 0) is 17.7 Å². The van der Waals surface area contributed by atoms with Crippen molar-refractivity contribution in [1.29, 1.82) is 0 Å². The monoisotopic (exact) mass is 176 g/mol. The van der Waals surface area contributed by atoms with Crippen LogP contribution in [0.15, 0.2) is 24.3 Å². The molecule has 68 valence electrons. The number of benzene rings is 1. The number of carbonyl (C=O) groups excluding carboxylic acids is 1. The first-order valence-electron chi connectivity index (χ1n) is 3.99. The van der Waals surface area contributed by atoms with Crippen LogP contribution < -0.4 is 11.5 Å². The van der Waals surface area contributed by atoms with Crippen molar-refractivity contribution in [3.63, 3.8) is 0 Å². The van der Waals surface area contributed by atoms with Gasteiger partial charge in [0.25, 0.3) is 0 Å². The molecule has 4 N–H and O–H groups in total. The SMILES string of the molecule is Nc1ccc(C=CCC=O)cc1N. The van der Waals surface area contributed by atoms with E-state index in [4.69, 9.17) is 11.5 Å². The normalized spacial score (nSPS) is 10.5. The Balaban J connectivity index is 2.79. The van der Waals surface area contributed by atoms with E-state index in [-0.39, 0.29) is 0 Å². The summed E-state index contributed by atoms with van der Waals surface area (Å²) >= 11 is 0. The zero-order valence-electron chi connectivity index (χ0n) is 7.23. The summed E-state index contributed by atoms with van der Waals surface area (Å²) < 4.78 is 0. The maximum atomic E-state index is 10.0. The van der Waals surface area contributed by atoms with Crippen molar-refractivity contribution in [2.24, 2.45) is 0 Å². The highest BCUT2D eigenvalue weighted by molar-refractivity contribution is 5.68. The molecule has 0 saturated heterocycles. The van der Waals surface area contributed by atoms with Gasteiger partial charge in [-0.15, -0.1) is 0 Å². The molecule has 3 heteroatoms. The Hall–Kier alpha value is -1.77. The van der Waals surface area contributed by atoms with Crippen LogP contribution in [0.25, 0.3) is 6.08 Å². The van der Waals surface area contributed by atoms with Gasteiger partial charge in [-0.2, -0.15) is 0 Å². The Morgan fingerprint density at radius 1 is 1.23 bits per heavy atom. The van der Waals surface area contributed by atoms with Crippen LogP contribution in [0.2, 0.25) is 0 Å². The third-order valence-corrected chi connectivity index (χ3v) is 1.65. The van der Waals surface area contributed by atoms with E-state index in [2.05, 4.69) is 0 Å². The second-order valence-electron chi connectivity index (χ2n) is 2.69. The molecule has 0 fully saturated rings. The minimum atomic E-state index is 0.421. The minimum Gasteiger partial charge on any atom is -0.397 e. The first kappa shape index (κ1) is 9.32. The highest BCUT2D eigenvalue weighted by atomic mass is 16.1. The summed E-state index contributed by atoms with van der Waals surface area (Å²) in [6.07, 6.45) is 4.88. The second kappa shape index (κ2) is 4.30. The van der Waals surface area contributed by atoms with E-state index in [1.807, 2.05) is 12.1 Å². The maximum Gasteiger partial charge on any atom is 0.123 e. The van der Waals surface area contributed by atoms with Crippen molar-refractivity contribution >= 4 is 23.7 Å². The van der Waals surface area contributed by atoms with Crippen molar-refractivity contribution in [3.8, 4) is 0 Å². The van der Waals surface area contributed by atoms with E-state index in [1.165, 1.54) is 0 Å². The Kier molecular flexibility index (Phi) is 3.09. The number of rotatable bonds is 3. The molecule has 0 spiro atoms. The molecule has 0 bridgehead atoms. The molecule has 0 heterocycles. The first-order valence-corrected chi connectivity index (χ1v) is 3.99. The average molecular weight is 176 g/mol. The molecule has 0 unspecified atom stereocenters. The molecular weight excluding hydrogens is 164 g/mol. The summed E-state index contributed by atoms with van der Waals surface area (Å²) in [4.78, 5) is 10.0. The van der Waals surface area contributed by atoms with Crippen LogP contribution in [0.3, 0.4) is 0 Å². The predicted octanol–water partition coefficient (Wildman–Crippen LogP) is 1.45. The largest absolute Gasteiger partial charge is 0.397 e. The van der Waals surface area contributed by atoms with Crippen LogP contribution in [0.5, 0.6) is 0 Å². The van der Waals surface area contributed by atoms with Crippen molar-refractivity contribution in [2.45, 2.75) is 6.42 Å². The summed E-state index contributed by atoms with van der Waals surface area (Å²) in [7, 11) is 0. The number of carbonyl (C=O) groups is 1. The Morgan fingerprint density at radius 3 is 2.62 bits per heavy atom. The Labute approximate surface area is 77.0 Å². The van der Waals surface area contributed by atoms with Gasteiger partial charge in [0.05, 0.1) is 11.4 Å². The fourth-order valence-electron chi connectivity index (χ4n) is 0.957. The lowest BCUT2D eigenvalue weighted by atomic mass is 10.1. The van der Waals surface area contributed by atoms with E-state index < -0.39 is 0 Å². The van der Waals surface area contributed by atoms with Crippen LogP contribution in [0, 0.1) is 0 Å². The third-order valence-electron chi connectivity index (χ3n) is 1.65. The standard InChI is InChI=1S/C10H12N2O/c11-9-5-4-8(7-10(9)12)3-1-2-6-13/h1,3-7H,2,11-12H2. The number of anilines is 2. The first-order chi connectivity index (χ1) is 6.24. The number of nitrogen functional groups attached to an aromatic ring is 2. The fourth-order valence-corrected chi connectivity index (χ4v) is 0.957. The lowest BCUT2D eigenvalue weighted by Crippen LogP contribution is -1.93. The van der Waals surface area contributed by atoms with Crippen LogP contribution >= 0.6 is 0 Å². The van der Waals surface area contributed by atoms with E-state index >= 15 is 0 Å². The van der Waals surface area contributed by atoms with Gasteiger partial charge < -0.3 is 16.3 Å². The molecule has 0 aromatic heterocycles. The molecule has 1 aromatic rings. The van der Waals surface area contributed by atoms with Crippen LogP contribution in [-0.4, -0.2) is 6.29 Å². The highest BCUT2D eigenvalue weighted by Gasteiger charge is 1.93. The molecular formula is C10H12N2O. The maximum absolute atomic E-state index is 10.0.